The van der Waals surface area contributed by atoms with Crippen molar-refractivity contribution in [3.63, 3.8) is 0 Å². The maximum absolute atomic E-state index is 13.1. The Morgan fingerprint density at radius 2 is 1.93 bits per heavy atom. The van der Waals surface area contributed by atoms with E-state index in [2.05, 4.69) is 10.2 Å². The van der Waals surface area contributed by atoms with Crippen LogP contribution in [-0.2, 0) is 0 Å². The van der Waals surface area contributed by atoms with Crippen LogP contribution in [0.4, 0.5) is 8.78 Å². The van der Waals surface area contributed by atoms with Crippen LogP contribution in [0.1, 0.15) is 19.4 Å². The van der Waals surface area contributed by atoms with E-state index in [1.165, 1.54) is 17.7 Å². The van der Waals surface area contributed by atoms with Crippen molar-refractivity contribution in [2.24, 2.45) is 0 Å². The molecule has 2 aromatic heterocycles. The second-order valence-corrected chi connectivity index (χ2v) is 2.48. The van der Waals surface area contributed by atoms with Gasteiger partial charge in [0.15, 0.2) is 11.5 Å². The van der Waals surface area contributed by atoms with Gasteiger partial charge in [0.05, 0.1) is 0 Å². The van der Waals surface area contributed by atoms with Crippen LogP contribution in [0.3, 0.4) is 0 Å². The Morgan fingerprint density at radius 1 is 1.29 bits per heavy atom. The first-order valence-corrected chi connectivity index (χ1v) is 4.34. The maximum Gasteiger partial charge on any atom is 0.197 e. The molecule has 2 heterocycles. The van der Waals surface area contributed by atoms with E-state index in [1.807, 2.05) is 13.8 Å². The molecule has 0 radical (unpaired) electrons. The third-order valence-electron chi connectivity index (χ3n) is 1.71. The molecule has 0 N–H and O–H groups in total. The van der Waals surface area contributed by atoms with Crippen LogP contribution < -0.4 is 0 Å². The van der Waals surface area contributed by atoms with Gasteiger partial charge in [0.25, 0.3) is 0 Å². The summed E-state index contributed by atoms with van der Waals surface area (Å²) in [6.45, 7) is 5.36. The van der Waals surface area contributed by atoms with Gasteiger partial charge in [0.2, 0.25) is 0 Å². The second-order valence-electron chi connectivity index (χ2n) is 2.48. The molecule has 0 saturated heterocycles. The monoisotopic (exact) mass is 199 g/mol. The van der Waals surface area contributed by atoms with E-state index in [4.69, 9.17) is 0 Å². The van der Waals surface area contributed by atoms with Gasteiger partial charge in [-0.25, -0.2) is 8.78 Å². The summed E-state index contributed by atoms with van der Waals surface area (Å²) in [6, 6.07) is 0. The third kappa shape index (κ3) is 1.57. The summed E-state index contributed by atoms with van der Waals surface area (Å²) < 4.78 is 27.2. The molecule has 0 aliphatic heterocycles. The molecular weight excluding hydrogens is 188 g/mol. The minimum absolute atomic E-state index is 0.0319. The molecule has 0 amide bonds. The van der Waals surface area contributed by atoms with Crippen molar-refractivity contribution in [1.82, 2.24) is 14.6 Å². The zero-order chi connectivity index (χ0) is 10.7. The fraction of sp³-hybridized carbons (Fsp3) is 0.333. The summed E-state index contributed by atoms with van der Waals surface area (Å²) >= 11 is 0. The zero-order valence-electron chi connectivity index (χ0n) is 8.25. The highest BCUT2D eigenvalue weighted by Gasteiger charge is 2.10. The number of rotatable bonds is 0. The van der Waals surface area contributed by atoms with Crippen molar-refractivity contribution in [3.05, 3.63) is 29.7 Å². The molecule has 0 aliphatic carbocycles. The van der Waals surface area contributed by atoms with E-state index in [9.17, 15) is 8.78 Å². The third-order valence-corrected chi connectivity index (χ3v) is 1.71. The fourth-order valence-electron chi connectivity index (χ4n) is 0.986. The molecule has 0 unspecified atom stereocenters. The number of aromatic nitrogens is 3. The first-order chi connectivity index (χ1) is 6.70. The highest BCUT2D eigenvalue weighted by Crippen LogP contribution is 2.14. The molecule has 14 heavy (non-hydrogen) atoms. The van der Waals surface area contributed by atoms with Crippen LogP contribution in [0.2, 0.25) is 0 Å². The van der Waals surface area contributed by atoms with Crippen molar-refractivity contribution in [2.45, 2.75) is 20.8 Å². The predicted octanol–water partition coefficient (Wildman–Crippen LogP) is 2.34. The summed E-state index contributed by atoms with van der Waals surface area (Å²) in [4.78, 5) is 0. The van der Waals surface area contributed by atoms with Crippen LogP contribution in [0.25, 0.3) is 5.65 Å². The van der Waals surface area contributed by atoms with E-state index in [0.29, 0.717) is 0 Å². The molecule has 0 spiro atoms. The molecule has 76 valence electrons. The molecule has 0 saturated carbocycles. The molecular formula is C9H11F2N3. The van der Waals surface area contributed by atoms with E-state index < -0.39 is 11.6 Å². The van der Waals surface area contributed by atoms with E-state index in [0.717, 1.165) is 6.20 Å². The molecule has 2 aromatic rings. The molecule has 0 aromatic carbocycles. The average Bonchev–Trinajstić information content (AvgIpc) is 2.65. The van der Waals surface area contributed by atoms with Gasteiger partial charge in [-0.3, -0.25) is 4.40 Å². The highest BCUT2D eigenvalue weighted by molar-refractivity contribution is 5.42. The molecule has 0 aliphatic rings. The van der Waals surface area contributed by atoms with E-state index >= 15 is 0 Å². The molecule has 0 atom stereocenters. The van der Waals surface area contributed by atoms with Gasteiger partial charge >= 0.3 is 0 Å². The lowest BCUT2D eigenvalue weighted by Gasteiger charge is -1.98. The number of nitrogens with zero attached hydrogens (tertiary/aromatic N) is 3. The zero-order valence-corrected chi connectivity index (χ0v) is 8.25. The number of hydrogen-bond acceptors (Lipinski definition) is 2. The van der Waals surface area contributed by atoms with Gasteiger partial charge in [-0.1, -0.05) is 13.8 Å². The van der Waals surface area contributed by atoms with Gasteiger partial charge in [-0.05, 0) is 6.92 Å². The van der Waals surface area contributed by atoms with Crippen molar-refractivity contribution in [1.29, 1.82) is 0 Å². The van der Waals surface area contributed by atoms with E-state index in [1.54, 1.807) is 0 Å². The van der Waals surface area contributed by atoms with Gasteiger partial charge < -0.3 is 0 Å². The average molecular weight is 199 g/mol. The number of pyridine rings is 1. The molecule has 5 heteroatoms. The number of halogens is 2. The summed E-state index contributed by atoms with van der Waals surface area (Å²) in [5.41, 5.74) is 0.0180. The van der Waals surface area contributed by atoms with Crippen LogP contribution >= 0.6 is 0 Å². The Balaban J connectivity index is 0.000000461. The SMILES string of the molecule is CC.Cc1c(F)cn2cnnc2c1F. The quantitative estimate of drug-likeness (QED) is 0.651. The standard InChI is InChI=1S/C7H5F2N3.C2H6/c1-4-5(8)2-12-3-10-11-7(12)6(4)9;1-2/h2-3H,1H3;1-2H3. The largest absolute Gasteiger partial charge is 0.284 e. The van der Waals surface area contributed by atoms with E-state index in [-0.39, 0.29) is 11.2 Å². The number of hydrogen-bond donors (Lipinski definition) is 0. The smallest absolute Gasteiger partial charge is 0.197 e. The minimum atomic E-state index is -0.660. The van der Waals surface area contributed by atoms with Gasteiger partial charge in [0, 0.05) is 11.8 Å². The topological polar surface area (TPSA) is 30.2 Å². The first-order valence-electron chi connectivity index (χ1n) is 4.34. The molecule has 0 fully saturated rings. The second kappa shape index (κ2) is 4.13. The van der Waals surface area contributed by atoms with Crippen molar-refractivity contribution in [2.75, 3.05) is 0 Å². The van der Waals surface area contributed by atoms with Crippen LogP contribution in [0.15, 0.2) is 12.5 Å². The molecule has 2 rings (SSSR count). The molecule has 0 bridgehead atoms. The Labute approximate surface area is 80.4 Å². The Hall–Kier alpha value is -1.52. The van der Waals surface area contributed by atoms with Crippen molar-refractivity contribution in [3.8, 4) is 0 Å². The first kappa shape index (κ1) is 10.6. The normalized spacial score (nSPS) is 9.79. The summed E-state index contributed by atoms with van der Waals surface area (Å²) in [6.07, 6.45) is 2.40. The predicted molar refractivity (Wildman–Crippen MR) is 49.0 cm³/mol. The lowest BCUT2D eigenvalue weighted by molar-refractivity contribution is 0.562. The minimum Gasteiger partial charge on any atom is -0.284 e. The Kier molecular flexibility index (Phi) is 3.11. The summed E-state index contributed by atoms with van der Waals surface area (Å²) in [7, 11) is 0. The molecule has 3 nitrogen and oxygen atoms in total. The van der Waals surface area contributed by atoms with Crippen LogP contribution in [0, 0.1) is 18.6 Å². The van der Waals surface area contributed by atoms with Crippen molar-refractivity contribution >= 4 is 5.65 Å². The fourth-order valence-corrected chi connectivity index (χ4v) is 0.986. The van der Waals surface area contributed by atoms with Crippen LogP contribution in [0.5, 0.6) is 0 Å². The van der Waals surface area contributed by atoms with Gasteiger partial charge in [-0.15, -0.1) is 10.2 Å². The summed E-state index contributed by atoms with van der Waals surface area (Å²) in [5.74, 6) is -1.26. The van der Waals surface area contributed by atoms with Crippen LogP contribution in [-0.4, -0.2) is 14.6 Å². The lowest BCUT2D eigenvalue weighted by Crippen LogP contribution is -1.95. The lowest BCUT2D eigenvalue weighted by atomic mass is 10.3. The van der Waals surface area contributed by atoms with Crippen molar-refractivity contribution < 1.29 is 8.78 Å². The Bertz CT molecular complexity index is 437. The summed E-state index contributed by atoms with van der Waals surface area (Å²) in [5, 5.41) is 6.94. The Morgan fingerprint density at radius 3 is 2.57 bits per heavy atom. The number of fused-ring (bicyclic) bond motifs is 1. The highest BCUT2D eigenvalue weighted by atomic mass is 19.1. The van der Waals surface area contributed by atoms with Gasteiger partial charge in [-0.2, -0.15) is 0 Å². The maximum atomic E-state index is 13.1. The van der Waals surface area contributed by atoms with Gasteiger partial charge in [0.1, 0.15) is 12.1 Å².